The van der Waals surface area contributed by atoms with E-state index in [1.807, 2.05) is 18.2 Å². The Morgan fingerprint density at radius 2 is 1.84 bits per heavy atom. The molecule has 8 nitrogen and oxygen atoms in total. The summed E-state index contributed by atoms with van der Waals surface area (Å²) in [4.78, 5) is 21.1. The number of nitrogens with one attached hydrogen (secondary N) is 2. The molecule has 1 aromatic carbocycles. The summed E-state index contributed by atoms with van der Waals surface area (Å²) in [6.07, 6.45) is 6.48. The van der Waals surface area contributed by atoms with E-state index in [1.165, 1.54) is 12.3 Å². The molecule has 0 spiro atoms. The zero-order valence-electron chi connectivity index (χ0n) is 16.6. The molecule has 0 saturated carbocycles. The molecular weight excluding hydrogens is 407 g/mol. The number of rotatable bonds is 4. The molecule has 4 aromatic heterocycles. The van der Waals surface area contributed by atoms with E-state index in [9.17, 15) is 4.39 Å². The molecule has 0 unspecified atom stereocenters. The fraction of sp³-hybridized carbons (Fsp3) is 0.0435. The molecule has 0 amide bonds. The van der Waals surface area contributed by atoms with Gasteiger partial charge >= 0.3 is 0 Å². The molecule has 5 aromatic rings. The van der Waals surface area contributed by atoms with Gasteiger partial charge in [0.05, 0.1) is 11.7 Å². The summed E-state index contributed by atoms with van der Waals surface area (Å²) in [7, 11) is 0. The highest BCUT2D eigenvalue weighted by atomic mass is 19.1. The smallest absolute Gasteiger partial charge is 0.223 e. The quantitative estimate of drug-likeness (QED) is 0.338. The predicted molar refractivity (Wildman–Crippen MR) is 117 cm³/mol. The minimum absolute atomic E-state index is 0.403. The Bertz CT molecular complexity index is 1450. The van der Waals surface area contributed by atoms with Gasteiger partial charge in [-0.2, -0.15) is 9.49 Å². The molecule has 0 aliphatic carbocycles. The first-order chi connectivity index (χ1) is 15.7. The molecule has 5 rings (SSSR count). The van der Waals surface area contributed by atoms with Crippen molar-refractivity contribution in [3.05, 3.63) is 90.0 Å². The van der Waals surface area contributed by atoms with Crippen molar-refractivity contribution in [2.24, 2.45) is 0 Å². The lowest BCUT2D eigenvalue weighted by molar-refractivity contribution is 0.582. The molecule has 0 aliphatic heterocycles. The lowest BCUT2D eigenvalue weighted by Gasteiger charge is -2.06. The SMILES string of the molecule is Fc1ccc(CNc2nccc(-c3nccc(C#Cc4ccc5[nH]ncc5c4)n3)n2)cn1. The topological polar surface area (TPSA) is 105 Å². The average molecular weight is 422 g/mol. The van der Waals surface area contributed by atoms with Crippen LogP contribution in [0.2, 0.25) is 0 Å². The molecule has 32 heavy (non-hydrogen) atoms. The normalized spacial score (nSPS) is 10.5. The molecule has 0 radical (unpaired) electrons. The van der Waals surface area contributed by atoms with E-state index in [2.05, 4.69) is 52.3 Å². The first-order valence-corrected chi connectivity index (χ1v) is 9.69. The molecule has 154 valence electrons. The van der Waals surface area contributed by atoms with E-state index in [4.69, 9.17) is 0 Å². The van der Waals surface area contributed by atoms with Gasteiger partial charge in [0.15, 0.2) is 5.82 Å². The van der Waals surface area contributed by atoms with Crippen LogP contribution in [0.3, 0.4) is 0 Å². The highest BCUT2D eigenvalue weighted by molar-refractivity contribution is 5.79. The summed E-state index contributed by atoms with van der Waals surface area (Å²) in [6.45, 7) is 0.407. The van der Waals surface area contributed by atoms with Gasteiger partial charge in [-0.3, -0.25) is 5.10 Å². The van der Waals surface area contributed by atoms with Crippen molar-refractivity contribution in [2.75, 3.05) is 5.32 Å². The van der Waals surface area contributed by atoms with Crippen LogP contribution in [-0.2, 0) is 6.54 Å². The summed E-state index contributed by atoms with van der Waals surface area (Å²) in [5.41, 5.74) is 3.77. The zero-order valence-corrected chi connectivity index (χ0v) is 16.6. The van der Waals surface area contributed by atoms with Crippen LogP contribution in [0.1, 0.15) is 16.8 Å². The largest absolute Gasteiger partial charge is 0.350 e. The Balaban J connectivity index is 1.34. The Morgan fingerprint density at radius 1 is 0.906 bits per heavy atom. The van der Waals surface area contributed by atoms with Crippen LogP contribution < -0.4 is 5.32 Å². The maximum atomic E-state index is 12.9. The van der Waals surface area contributed by atoms with Crippen molar-refractivity contribution in [3.8, 4) is 23.4 Å². The van der Waals surface area contributed by atoms with Crippen LogP contribution in [0.25, 0.3) is 22.4 Å². The number of pyridine rings is 1. The van der Waals surface area contributed by atoms with E-state index in [0.29, 0.717) is 29.7 Å². The minimum atomic E-state index is -0.519. The van der Waals surface area contributed by atoms with Crippen LogP contribution >= 0.6 is 0 Å². The van der Waals surface area contributed by atoms with Crippen molar-refractivity contribution >= 4 is 16.9 Å². The first-order valence-electron chi connectivity index (χ1n) is 9.69. The van der Waals surface area contributed by atoms with Crippen LogP contribution in [0.5, 0.6) is 0 Å². The average Bonchev–Trinajstić information content (AvgIpc) is 3.31. The van der Waals surface area contributed by atoms with Gasteiger partial charge in [0.1, 0.15) is 11.4 Å². The summed E-state index contributed by atoms with van der Waals surface area (Å²) >= 11 is 0. The van der Waals surface area contributed by atoms with Crippen LogP contribution in [0, 0.1) is 17.8 Å². The Kier molecular flexibility index (Phi) is 5.16. The third kappa shape index (κ3) is 4.39. The Morgan fingerprint density at radius 3 is 2.75 bits per heavy atom. The van der Waals surface area contributed by atoms with Crippen LogP contribution in [0.4, 0.5) is 10.3 Å². The van der Waals surface area contributed by atoms with Crippen molar-refractivity contribution in [3.63, 3.8) is 0 Å². The highest BCUT2D eigenvalue weighted by Crippen LogP contribution is 2.14. The fourth-order valence-electron chi connectivity index (χ4n) is 2.97. The van der Waals surface area contributed by atoms with E-state index in [1.54, 1.807) is 36.8 Å². The highest BCUT2D eigenvalue weighted by Gasteiger charge is 2.06. The number of fused-ring (bicyclic) bond motifs is 1. The second-order valence-corrected chi connectivity index (χ2v) is 6.80. The number of nitrogens with zero attached hydrogens (tertiary/aromatic N) is 6. The summed E-state index contributed by atoms with van der Waals surface area (Å²) in [6, 6.07) is 12.3. The van der Waals surface area contributed by atoms with E-state index >= 15 is 0 Å². The molecule has 0 fully saturated rings. The monoisotopic (exact) mass is 422 g/mol. The van der Waals surface area contributed by atoms with Gasteiger partial charge < -0.3 is 5.32 Å². The fourth-order valence-corrected chi connectivity index (χ4v) is 2.97. The van der Waals surface area contributed by atoms with Gasteiger partial charge in [0, 0.05) is 36.1 Å². The number of aromatic amines is 1. The second kappa shape index (κ2) is 8.57. The van der Waals surface area contributed by atoms with Crippen molar-refractivity contribution in [2.45, 2.75) is 6.54 Å². The number of aromatic nitrogens is 7. The Hall–Kier alpha value is -4.71. The Labute approximate surface area is 182 Å². The number of benzene rings is 1. The molecule has 0 aliphatic rings. The molecule has 0 bridgehead atoms. The van der Waals surface area contributed by atoms with E-state index < -0.39 is 5.95 Å². The van der Waals surface area contributed by atoms with Crippen molar-refractivity contribution < 1.29 is 4.39 Å². The number of hydrogen-bond donors (Lipinski definition) is 2. The van der Waals surface area contributed by atoms with Gasteiger partial charge in [-0.05, 0) is 47.9 Å². The van der Waals surface area contributed by atoms with Gasteiger partial charge in [-0.15, -0.1) is 0 Å². The summed E-state index contributed by atoms with van der Waals surface area (Å²) in [5.74, 6) is 6.51. The van der Waals surface area contributed by atoms with Crippen molar-refractivity contribution in [1.82, 2.24) is 35.1 Å². The van der Waals surface area contributed by atoms with Crippen LogP contribution in [0.15, 0.2) is 67.3 Å². The summed E-state index contributed by atoms with van der Waals surface area (Å²) in [5, 5.41) is 11.0. The number of anilines is 1. The van der Waals surface area contributed by atoms with E-state index in [0.717, 1.165) is 22.0 Å². The molecular formula is C23H15FN8. The predicted octanol–water partition coefficient (Wildman–Crippen LogP) is 3.36. The summed E-state index contributed by atoms with van der Waals surface area (Å²) < 4.78 is 12.9. The maximum Gasteiger partial charge on any atom is 0.223 e. The van der Waals surface area contributed by atoms with Gasteiger partial charge in [0.2, 0.25) is 11.9 Å². The zero-order chi connectivity index (χ0) is 21.8. The van der Waals surface area contributed by atoms with Crippen LogP contribution in [-0.4, -0.2) is 35.1 Å². The first kappa shape index (κ1) is 19.3. The molecule has 4 heterocycles. The standard InChI is InChI=1S/C23H15FN8/c24-21-6-3-16(12-27-21)13-28-23-26-10-8-20(31-23)22-25-9-7-18(30-22)4-1-15-2-5-19-17(11-15)14-29-32-19/h2-3,5-12,14H,13H2,(H,29,32)(H,26,28,31). The second-order valence-electron chi connectivity index (χ2n) is 6.80. The molecule has 0 saturated heterocycles. The van der Waals surface area contributed by atoms with Gasteiger partial charge in [0.25, 0.3) is 0 Å². The minimum Gasteiger partial charge on any atom is -0.350 e. The maximum absolute atomic E-state index is 12.9. The lowest BCUT2D eigenvalue weighted by Crippen LogP contribution is -2.05. The molecule has 9 heteroatoms. The van der Waals surface area contributed by atoms with E-state index in [-0.39, 0.29) is 0 Å². The third-order valence-electron chi connectivity index (χ3n) is 4.55. The number of H-pyrrole nitrogens is 1. The lowest BCUT2D eigenvalue weighted by atomic mass is 10.1. The number of hydrogen-bond acceptors (Lipinski definition) is 7. The van der Waals surface area contributed by atoms with Gasteiger partial charge in [-0.1, -0.05) is 12.0 Å². The number of halogens is 1. The third-order valence-corrected chi connectivity index (χ3v) is 4.55. The van der Waals surface area contributed by atoms with Gasteiger partial charge in [-0.25, -0.2) is 24.9 Å². The molecule has 2 N–H and O–H groups in total. The molecule has 0 atom stereocenters. The van der Waals surface area contributed by atoms with Crippen molar-refractivity contribution in [1.29, 1.82) is 0 Å².